The summed E-state index contributed by atoms with van der Waals surface area (Å²) in [4.78, 5) is 30.1. The minimum atomic E-state index is -4.29. The van der Waals surface area contributed by atoms with Gasteiger partial charge in [0, 0.05) is 18.5 Å². The molecule has 0 aliphatic heterocycles. The predicted octanol–water partition coefficient (Wildman–Crippen LogP) is 7.68. The van der Waals surface area contributed by atoms with Crippen LogP contribution in [0.15, 0.2) is 138 Å². The third-order valence-corrected chi connectivity index (χ3v) is 9.82. The molecular formula is C41H42FN3O5S. The molecule has 5 rings (SSSR count). The number of benzene rings is 5. The van der Waals surface area contributed by atoms with Crippen molar-refractivity contribution in [2.75, 3.05) is 10.8 Å². The van der Waals surface area contributed by atoms with Crippen molar-refractivity contribution in [3.8, 4) is 11.5 Å². The molecule has 2 amide bonds. The van der Waals surface area contributed by atoms with E-state index in [1.54, 1.807) is 60.7 Å². The Labute approximate surface area is 299 Å². The summed E-state index contributed by atoms with van der Waals surface area (Å²) in [5, 5.41) is 3.00. The van der Waals surface area contributed by atoms with Crippen LogP contribution < -0.4 is 14.4 Å². The first kappa shape index (κ1) is 36.8. The van der Waals surface area contributed by atoms with Gasteiger partial charge in [0.1, 0.15) is 29.9 Å². The number of ether oxygens (including phenoxy) is 1. The lowest BCUT2D eigenvalue weighted by Gasteiger charge is -2.35. The van der Waals surface area contributed by atoms with Crippen LogP contribution in [-0.2, 0) is 32.6 Å². The number of nitrogens with zero attached hydrogens (tertiary/aromatic N) is 2. The molecule has 1 atom stereocenters. The van der Waals surface area contributed by atoms with E-state index in [0.29, 0.717) is 17.1 Å². The van der Waals surface area contributed by atoms with Crippen LogP contribution in [0.2, 0.25) is 0 Å². The highest BCUT2D eigenvalue weighted by Crippen LogP contribution is 2.29. The fourth-order valence-corrected chi connectivity index (χ4v) is 6.88. The van der Waals surface area contributed by atoms with Gasteiger partial charge in [-0.05, 0) is 99.5 Å². The molecule has 0 unspecified atom stereocenters. The fraction of sp³-hybridized carbons (Fsp3) is 0.220. The molecule has 51 heavy (non-hydrogen) atoms. The lowest BCUT2D eigenvalue weighted by molar-refractivity contribution is -0.140. The van der Waals surface area contributed by atoms with Gasteiger partial charge in [-0.25, -0.2) is 12.8 Å². The summed E-state index contributed by atoms with van der Waals surface area (Å²) in [7, 11) is -4.29. The number of sulfonamides is 1. The van der Waals surface area contributed by atoms with Gasteiger partial charge in [-0.3, -0.25) is 13.9 Å². The number of rotatable bonds is 13. The van der Waals surface area contributed by atoms with Crippen LogP contribution >= 0.6 is 0 Å². The molecule has 0 aromatic heterocycles. The lowest BCUT2D eigenvalue weighted by atomic mass is 10.0. The molecule has 8 nitrogen and oxygen atoms in total. The molecule has 0 saturated heterocycles. The summed E-state index contributed by atoms with van der Waals surface area (Å²) in [6.45, 7) is 6.69. The van der Waals surface area contributed by atoms with Crippen molar-refractivity contribution in [2.45, 2.75) is 57.1 Å². The maximum atomic E-state index is 14.7. The van der Waals surface area contributed by atoms with Gasteiger partial charge in [0.15, 0.2) is 0 Å². The second-order valence-electron chi connectivity index (χ2n) is 13.3. The number of hydrogen-bond donors (Lipinski definition) is 1. The van der Waals surface area contributed by atoms with E-state index in [2.05, 4.69) is 5.32 Å². The topological polar surface area (TPSA) is 96.0 Å². The largest absolute Gasteiger partial charge is 0.457 e. The molecule has 0 aliphatic rings. The Bertz CT molecular complexity index is 2020. The minimum absolute atomic E-state index is 0.00177. The molecule has 0 saturated carbocycles. The minimum Gasteiger partial charge on any atom is -0.457 e. The van der Waals surface area contributed by atoms with Crippen molar-refractivity contribution in [3.05, 3.63) is 156 Å². The molecule has 5 aromatic rings. The van der Waals surface area contributed by atoms with Gasteiger partial charge < -0.3 is 15.0 Å². The average molecular weight is 708 g/mol. The Hall–Kier alpha value is -5.48. The SMILES string of the molecule is Cc1ccc(S(=O)(=O)N(CC(=O)N(Cc2ccc(F)cc2)[C@H](Cc2ccccc2)C(=O)NC(C)(C)C)c2ccc(Oc3ccccc3)cc2)cc1. The number of anilines is 1. The van der Waals surface area contributed by atoms with E-state index >= 15 is 0 Å². The zero-order valence-corrected chi connectivity index (χ0v) is 29.9. The zero-order valence-electron chi connectivity index (χ0n) is 29.1. The monoisotopic (exact) mass is 707 g/mol. The maximum absolute atomic E-state index is 14.7. The van der Waals surface area contributed by atoms with Crippen LogP contribution in [0.4, 0.5) is 10.1 Å². The second kappa shape index (κ2) is 16.0. The number of amides is 2. The van der Waals surface area contributed by atoms with Crippen molar-refractivity contribution in [1.82, 2.24) is 10.2 Å². The smallest absolute Gasteiger partial charge is 0.264 e. The zero-order chi connectivity index (χ0) is 36.6. The van der Waals surface area contributed by atoms with Crippen LogP contribution in [0.1, 0.15) is 37.5 Å². The normalized spacial score (nSPS) is 12.1. The van der Waals surface area contributed by atoms with E-state index in [1.807, 2.05) is 76.2 Å². The third kappa shape index (κ3) is 10.0. The van der Waals surface area contributed by atoms with Crippen molar-refractivity contribution in [2.24, 2.45) is 0 Å². The molecule has 264 valence electrons. The highest BCUT2D eigenvalue weighted by Gasteiger charge is 2.35. The summed E-state index contributed by atoms with van der Waals surface area (Å²) in [6.07, 6.45) is 0.159. The highest BCUT2D eigenvalue weighted by atomic mass is 32.2. The predicted molar refractivity (Wildman–Crippen MR) is 197 cm³/mol. The summed E-state index contributed by atoms with van der Waals surface area (Å²) in [5.41, 5.74) is 1.85. The molecule has 0 aliphatic carbocycles. The highest BCUT2D eigenvalue weighted by molar-refractivity contribution is 7.92. The lowest BCUT2D eigenvalue weighted by Crippen LogP contribution is -2.56. The molecule has 0 spiro atoms. The summed E-state index contributed by atoms with van der Waals surface area (Å²) in [5.74, 6) is -0.387. The number of hydrogen-bond acceptors (Lipinski definition) is 5. The van der Waals surface area contributed by atoms with Crippen LogP contribution in [0.5, 0.6) is 11.5 Å². The summed E-state index contributed by atoms with van der Waals surface area (Å²) in [6, 6.07) is 35.9. The number of nitrogens with one attached hydrogen (secondary N) is 1. The Balaban J connectivity index is 1.57. The quantitative estimate of drug-likeness (QED) is 0.136. The number of carbonyl (C=O) groups is 2. The Kier molecular flexibility index (Phi) is 11.6. The van der Waals surface area contributed by atoms with E-state index in [1.165, 1.54) is 29.2 Å². The third-order valence-electron chi connectivity index (χ3n) is 8.03. The molecule has 10 heteroatoms. The van der Waals surface area contributed by atoms with Crippen molar-refractivity contribution < 1.29 is 27.1 Å². The number of carbonyl (C=O) groups excluding carboxylic acids is 2. The number of halogens is 1. The number of para-hydroxylation sites is 1. The summed E-state index contributed by atoms with van der Waals surface area (Å²) >= 11 is 0. The first-order valence-corrected chi connectivity index (χ1v) is 18.0. The first-order chi connectivity index (χ1) is 24.3. The van der Waals surface area contributed by atoms with E-state index in [9.17, 15) is 22.4 Å². The van der Waals surface area contributed by atoms with Crippen LogP contribution in [0, 0.1) is 12.7 Å². The van der Waals surface area contributed by atoms with Gasteiger partial charge in [0.05, 0.1) is 10.6 Å². The molecular weight excluding hydrogens is 666 g/mol. The second-order valence-corrected chi connectivity index (χ2v) is 15.2. The molecule has 1 N–H and O–H groups in total. The van der Waals surface area contributed by atoms with Crippen molar-refractivity contribution in [3.63, 3.8) is 0 Å². The van der Waals surface area contributed by atoms with E-state index < -0.39 is 45.8 Å². The first-order valence-electron chi connectivity index (χ1n) is 16.6. The van der Waals surface area contributed by atoms with E-state index in [0.717, 1.165) is 15.4 Å². The van der Waals surface area contributed by atoms with Gasteiger partial charge in [-0.1, -0.05) is 78.4 Å². The van der Waals surface area contributed by atoms with Crippen LogP contribution in [0.25, 0.3) is 0 Å². The van der Waals surface area contributed by atoms with E-state index in [-0.39, 0.29) is 23.5 Å². The molecule has 0 radical (unpaired) electrons. The maximum Gasteiger partial charge on any atom is 0.264 e. The van der Waals surface area contributed by atoms with Crippen molar-refractivity contribution in [1.29, 1.82) is 0 Å². The molecule has 0 bridgehead atoms. The average Bonchev–Trinajstić information content (AvgIpc) is 3.10. The van der Waals surface area contributed by atoms with Crippen LogP contribution in [0.3, 0.4) is 0 Å². The van der Waals surface area contributed by atoms with Gasteiger partial charge >= 0.3 is 0 Å². The van der Waals surface area contributed by atoms with Gasteiger partial charge in [-0.15, -0.1) is 0 Å². The van der Waals surface area contributed by atoms with Crippen LogP contribution in [-0.4, -0.2) is 43.3 Å². The van der Waals surface area contributed by atoms with Crippen molar-refractivity contribution >= 4 is 27.5 Å². The van der Waals surface area contributed by atoms with Gasteiger partial charge in [0.25, 0.3) is 10.0 Å². The fourth-order valence-electron chi connectivity index (χ4n) is 5.46. The van der Waals surface area contributed by atoms with Gasteiger partial charge in [0.2, 0.25) is 11.8 Å². The molecule has 5 aromatic carbocycles. The van der Waals surface area contributed by atoms with E-state index in [4.69, 9.17) is 4.74 Å². The standard InChI is InChI=1S/C41H42FN3O5S/c1-30-15-25-37(26-16-30)51(48,49)45(34-21-23-36(24-22-34)50-35-13-9-6-10-14-35)29-39(46)44(28-32-17-19-33(42)20-18-32)38(40(47)43-41(2,3)4)27-31-11-7-5-8-12-31/h5-26,38H,27-29H2,1-4H3,(H,43,47)/t38-/m1/s1. The Morgan fingerprint density at radius 2 is 1.31 bits per heavy atom. The van der Waals surface area contributed by atoms with Gasteiger partial charge in [-0.2, -0.15) is 0 Å². The number of aryl methyl sites for hydroxylation is 1. The molecule has 0 fully saturated rings. The summed E-state index contributed by atoms with van der Waals surface area (Å²) < 4.78 is 49.6. The Morgan fingerprint density at radius 3 is 1.90 bits per heavy atom. The molecule has 0 heterocycles. The Morgan fingerprint density at radius 1 is 0.745 bits per heavy atom.